The normalized spacial score (nSPS) is 29.4. The molecule has 1 unspecified atom stereocenters. The zero-order chi connectivity index (χ0) is 13.9. The van der Waals surface area contributed by atoms with Gasteiger partial charge >= 0.3 is 5.97 Å². The van der Waals surface area contributed by atoms with Gasteiger partial charge in [-0.2, -0.15) is 0 Å². The van der Waals surface area contributed by atoms with Gasteiger partial charge in [-0.1, -0.05) is 12.1 Å². The van der Waals surface area contributed by atoms with Gasteiger partial charge in [0, 0.05) is 35.6 Å². The summed E-state index contributed by atoms with van der Waals surface area (Å²) in [4.78, 5) is 17.0. The Morgan fingerprint density at radius 3 is 3.10 bits per heavy atom. The highest BCUT2D eigenvalue weighted by molar-refractivity contribution is 5.88. The molecule has 1 aromatic heterocycles. The molecule has 4 nitrogen and oxygen atoms in total. The lowest BCUT2D eigenvalue weighted by Gasteiger charge is -2.44. The number of nitrogens with zero attached hydrogens (tertiary/aromatic N) is 1. The highest BCUT2D eigenvalue weighted by Gasteiger charge is 2.41. The Morgan fingerprint density at radius 2 is 2.30 bits per heavy atom. The molecule has 2 aromatic rings. The molecule has 1 saturated heterocycles. The fraction of sp³-hybridized carbons (Fsp3) is 0.438. The molecule has 1 fully saturated rings. The van der Waals surface area contributed by atoms with Gasteiger partial charge in [0.1, 0.15) is 0 Å². The minimum absolute atomic E-state index is 0.253. The maximum Gasteiger partial charge on any atom is 0.307 e. The molecule has 2 heterocycles. The number of aromatic amines is 1. The van der Waals surface area contributed by atoms with E-state index in [1.165, 1.54) is 22.0 Å². The van der Waals surface area contributed by atoms with Crippen LogP contribution >= 0.6 is 0 Å². The van der Waals surface area contributed by atoms with E-state index >= 15 is 0 Å². The first-order chi connectivity index (χ1) is 9.65. The van der Waals surface area contributed by atoms with Crippen LogP contribution in [-0.4, -0.2) is 40.6 Å². The van der Waals surface area contributed by atoms with Gasteiger partial charge in [0.15, 0.2) is 0 Å². The lowest BCUT2D eigenvalue weighted by atomic mass is 9.72. The molecule has 0 amide bonds. The van der Waals surface area contributed by atoms with E-state index < -0.39 is 5.97 Å². The number of likely N-dealkylation sites (tertiary alicyclic amines) is 1. The van der Waals surface area contributed by atoms with Crippen LogP contribution in [0.1, 0.15) is 23.5 Å². The van der Waals surface area contributed by atoms with Crippen molar-refractivity contribution in [3.63, 3.8) is 0 Å². The maximum atomic E-state index is 11.4. The molecule has 0 bridgehead atoms. The second-order valence-electron chi connectivity index (χ2n) is 6.17. The molecule has 20 heavy (non-hydrogen) atoms. The van der Waals surface area contributed by atoms with Crippen molar-refractivity contribution in [3.05, 3.63) is 35.5 Å². The van der Waals surface area contributed by atoms with E-state index in [-0.39, 0.29) is 5.92 Å². The number of carboxylic acids is 1. The molecule has 2 aliphatic rings. The molecule has 2 N–H and O–H groups in total. The number of carboxylic acid groups (broad SMARTS) is 1. The molecule has 104 valence electrons. The summed E-state index contributed by atoms with van der Waals surface area (Å²) < 4.78 is 0. The van der Waals surface area contributed by atoms with Gasteiger partial charge in [0.25, 0.3) is 0 Å². The summed E-state index contributed by atoms with van der Waals surface area (Å²) in [5.41, 5.74) is 3.88. The molecule has 0 spiro atoms. The number of carbonyl (C=O) groups is 1. The van der Waals surface area contributed by atoms with E-state index in [1.54, 1.807) is 0 Å². The fourth-order valence-electron chi connectivity index (χ4n) is 4.12. The van der Waals surface area contributed by atoms with E-state index in [4.69, 9.17) is 0 Å². The summed E-state index contributed by atoms with van der Waals surface area (Å²) in [7, 11) is 2.06. The summed E-state index contributed by atoms with van der Waals surface area (Å²) in [5, 5.41) is 10.7. The first-order valence-electron chi connectivity index (χ1n) is 7.17. The van der Waals surface area contributed by atoms with Crippen LogP contribution < -0.4 is 0 Å². The molecule has 4 rings (SSSR count). The van der Waals surface area contributed by atoms with E-state index in [2.05, 4.69) is 41.3 Å². The molecule has 0 radical (unpaired) electrons. The lowest BCUT2D eigenvalue weighted by Crippen LogP contribution is -2.49. The predicted molar refractivity (Wildman–Crippen MR) is 76.9 cm³/mol. The van der Waals surface area contributed by atoms with Crippen molar-refractivity contribution in [2.45, 2.75) is 24.8 Å². The number of rotatable bonds is 1. The topological polar surface area (TPSA) is 56.3 Å². The smallest absolute Gasteiger partial charge is 0.307 e. The number of likely N-dealkylation sites (N-methyl/N-ethyl adjacent to an activating group) is 1. The van der Waals surface area contributed by atoms with Gasteiger partial charge in [-0.05, 0) is 37.1 Å². The van der Waals surface area contributed by atoms with E-state index in [1.807, 2.05) is 0 Å². The Balaban J connectivity index is 1.85. The molecule has 1 aliphatic carbocycles. The van der Waals surface area contributed by atoms with Crippen LogP contribution in [0.4, 0.5) is 0 Å². The number of piperidine rings is 1. The minimum atomic E-state index is -0.664. The molecule has 1 aliphatic heterocycles. The monoisotopic (exact) mass is 270 g/mol. The Labute approximate surface area is 117 Å². The third-order valence-corrected chi connectivity index (χ3v) is 5.07. The number of benzene rings is 1. The molecule has 0 saturated carbocycles. The Hall–Kier alpha value is -1.81. The number of fused-ring (bicyclic) bond motifs is 2. The summed E-state index contributed by atoms with van der Waals surface area (Å²) in [6.07, 6.45) is 3.89. The predicted octanol–water partition coefficient (Wildman–Crippen LogP) is 2.21. The third-order valence-electron chi connectivity index (χ3n) is 5.07. The summed E-state index contributed by atoms with van der Waals surface area (Å²) in [6.45, 7) is 0.659. The van der Waals surface area contributed by atoms with Gasteiger partial charge < -0.3 is 15.0 Å². The number of aliphatic carboxylic acids is 1. The van der Waals surface area contributed by atoms with Crippen LogP contribution in [0, 0.1) is 5.92 Å². The van der Waals surface area contributed by atoms with Gasteiger partial charge in [-0.25, -0.2) is 0 Å². The third kappa shape index (κ3) is 1.54. The standard InChI is InChI=1S/C16H18N2O2/c1-18-8-10(16(19)20)5-12-11-3-2-4-13-15(11)9(7-17-13)6-14(12)18/h2-4,7,10,12,14,17H,5-6,8H2,1H3,(H,19,20)/t10?,12-,14-/m0/s1. The minimum Gasteiger partial charge on any atom is -0.481 e. The van der Waals surface area contributed by atoms with Crippen LogP contribution in [0.25, 0.3) is 10.9 Å². The number of hydrogen-bond donors (Lipinski definition) is 2. The molecule has 1 aromatic carbocycles. The molecule has 3 atom stereocenters. The van der Waals surface area contributed by atoms with E-state index in [0.29, 0.717) is 18.5 Å². The SMILES string of the molecule is CN1CC(C(=O)O)C[C@H]2c3cccc4[nH]cc(c34)C[C@@H]21. The number of H-pyrrole nitrogens is 1. The van der Waals surface area contributed by atoms with Crippen molar-refractivity contribution in [1.82, 2.24) is 9.88 Å². The largest absolute Gasteiger partial charge is 0.481 e. The van der Waals surface area contributed by atoms with Crippen molar-refractivity contribution in [2.75, 3.05) is 13.6 Å². The van der Waals surface area contributed by atoms with Crippen molar-refractivity contribution in [2.24, 2.45) is 5.92 Å². The first kappa shape index (κ1) is 12.0. The number of hydrogen-bond acceptors (Lipinski definition) is 2. The number of nitrogens with one attached hydrogen (secondary N) is 1. The second-order valence-corrected chi connectivity index (χ2v) is 6.17. The molecule has 4 heteroatoms. The Bertz CT molecular complexity index is 691. The van der Waals surface area contributed by atoms with Gasteiger partial charge in [0.2, 0.25) is 0 Å². The average molecular weight is 270 g/mol. The van der Waals surface area contributed by atoms with Crippen LogP contribution in [0.5, 0.6) is 0 Å². The zero-order valence-corrected chi connectivity index (χ0v) is 11.5. The van der Waals surface area contributed by atoms with E-state index in [0.717, 1.165) is 12.8 Å². The van der Waals surface area contributed by atoms with Crippen molar-refractivity contribution in [3.8, 4) is 0 Å². The second kappa shape index (κ2) is 4.09. The molecular formula is C16H18N2O2. The van der Waals surface area contributed by atoms with Crippen LogP contribution in [-0.2, 0) is 11.2 Å². The highest BCUT2D eigenvalue weighted by atomic mass is 16.4. The van der Waals surface area contributed by atoms with Crippen molar-refractivity contribution >= 4 is 16.9 Å². The van der Waals surface area contributed by atoms with Crippen LogP contribution in [0.15, 0.2) is 24.4 Å². The van der Waals surface area contributed by atoms with Crippen molar-refractivity contribution < 1.29 is 9.90 Å². The summed E-state index contributed by atoms with van der Waals surface area (Å²) >= 11 is 0. The van der Waals surface area contributed by atoms with Gasteiger partial charge in [-0.3, -0.25) is 4.79 Å². The van der Waals surface area contributed by atoms with Crippen LogP contribution in [0.2, 0.25) is 0 Å². The Kier molecular flexibility index (Phi) is 2.45. The van der Waals surface area contributed by atoms with Crippen molar-refractivity contribution in [1.29, 1.82) is 0 Å². The Morgan fingerprint density at radius 1 is 1.45 bits per heavy atom. The average Bonchev–Trinajstić information content (AvgIpc) is 2.84. The van der Waals surface area contributed by atoms with Gasteiger partial charge in [-0.15, -0.1) is 0 Å². The van der Waals surface area contributed by atoms with E-state index in [9.17, 15) is 9.90 Å². The van der Waals surface area contributed by atoms with Crippen LogP contribution in [0.3, 0.4) is 0 Å². The van der Waals surface area contributed by atoms with Gasteiger partial charge in [0.05, 0.1) is 5.92 Å². The number of aromatic nitrogens is 1. The lowest BCUT2D eigenvalue weighted by molar-refractivity contribution is -0.144. The fourth-order valence-corrected chi connectivity index (χ4v) is 4.12. The molecular weight excluding hydrogens is 252 g/mol. The maximum absolute atomic E-state index is 11.4. The summed E-state index contributed by atoms with van der Waals surface area (Å²) in [5.74, 6) is -0.582. The first-order valence-corrected chi connectivity index (χ1v) is 7.17. The quantitative estimate of drug-likeness (QED) is 0.835. The highest BCUT2D eigenvalue weighted by Crippen LogP contribution is 2.44. The summed E-state index contributed by atoms with van der Waals surface area (Å²) in [6, 6.07) is 6.78. The zero-order valence-electron chi connectivity index (χ0n) is 11.5.